The van der Waals surface area contributed by atoms with Crippen LogP contribution in [-0.4, -0.2) is 22.9 Å². The van der Waals surface area contributed by atoms with Crippen LogP contribution in [0, 0.1) is 13.8 Å². The molecule has 0 saturated carbocycles. The first-order valence-electron chi connectivity index (χ1n) is 11.1. The number of Topliss-reactive ketones (excluding diaryl/α,β-unsaturated/α-hetero) is 1. The number of rotatable bonds is 3. The minimum Gasteiger partial charge on any atom is -0.507 e. The predicted molar refractivity (Wildman–Crippen MR) is 127 cm³/mol. The Balaban J connectivity index is 1.71. The van der Waals surface area contributed by atoms with E-state index in [2.05, 4.69) is 0 Å². The summed E-state index contributed by atoms with van der Waals surface area (Å²) in [5, 5.41) is 11.4. The first-order valence-corrected chi connectivity index (χ1v) is 11.1. The third-order valence-electron chi connectivity index (χ3n) is 6.35. The van der Waals surface area contributed by atoms with Gasteiger partial charge >= 0.3 is 0 Å². The summed E-state index contributed by atoms with van der Waals surface area (Å²) in [7, 11) is 0. The molecule has 3 aromatic rings. The van der Waals surface area contributed by atoms with Crippen molar-refractivity contribution in [3.63, 3.8) is 0 Å². The number of aliphatic hydroxyl groups excluding tert-OH is 1. The van der Waals surface area contributed by atoms with Gasteiger partial charge in [-0.1, -0.05) is 48.0 Å². The number of aliphatic hydroxyl groups is 1. The molecule has 166 valence electrons. The molecular formula is C28H25NO4. The van der Waals surface area contributed by atoms with Crippen molar-refractivity contribution in [1.29, 1.82) is 0 Å². The molecule has 33 heavy (non-hydrogen) atoms. The molecule has 5 rings (SSSR count). The molecule has 1 fully saturated rings. The fourth-order valence-electron chi connectivity index (χ4n) is 4.80. The van der Waals surface area contributed by atoms with Crippen LogP contribution in [0.3, 0.4) is 0 Å². The lowest BCUT2D eigenvalue weighted by Gasteiger charge is -2.27. The van der Waals surface area contributed by atoms with Gasteiger partial charge in [0.2, 0.25) is 0 Å². The Labute approximate surface area is 192 Å². The van der Waals surface area contributed by atoms with E-state index in [1.807, 2.05) is 81.4 Å². The largest absolute Gasteiger partial charge is 0.507 e. The van der Waals surface area contributed by atoms with Crippen LogP contribution < -0.4 is 9.64 Å². The van der Waals surface area contributed by atoms with Gasteiger partial charge in [0, 0.05) is 17.7 Å². The summed E-state index contributed by atoms with van der Waals surface area (Å²) >= 11 is 0. The highest BCUT2D eigenvalue weighted by atomic mass is 16.5. The molecule has 2 atom stereocenters. The molecule has 0 bridgehead atoms. The van der Waals surface area contributed by atoms with Crippen molar-refractivity contribution in [2.24, 2.45) is 0 Å². The lowest BCUT2D eigenvalue weighted by Crippen LogP contribution is -2.30. The quantitative estimate of drug-likeness (QED) is 0.344. The maximum absolute atomic E-state index is 13.3. The predicted octanol–water partition coefficient (Wildman–Crippen LogP) is 5.25. The van der Waals surface area contributed by atoms with Gasteiger partial charge in [0.25, 0.3) is 11.7 Å². The number of carbonyl (C=O) groups excluding carboxylic acids is 2. The molecule has 2 unspecified atom stereocenters. The lowest BCUT2D eigenvalue weighted by atomic mass is 9.93. The van der Waals surface area contributed by atoms with E-state index in [1.165, 1.54) is 4.90 Å². The first kappa shape index (κ1) is 21.0. The van der Waals surface area contributed by atoms with E-state index in [-0.39, 0.29) is 17.4 Å². The molecule has 1 saturated heterocycles. The number of benzene rings is 3. The highest BCUT2D eigenvalue weighted by Gasteiger charge is 2.47. The molecule has 0 spiro atoms. The summed E-state index contributed by atoms with van der Waals surface area (Å²) in [6.07, 6.45) is 0.797. The third kappa shape index (κ3) is 3.50. The molecule has 2 aliphatic heterocycles. The van der Waals surface area contributed by atoms with E-state index in [0.717, 1.165) is 34.4 Å². The molecule has 0 aliphatic carbocycles. The molecule has 0 radical (unpaired) electrons. The number of carbonyl (C=O) groups is 2. The molecule has 2 aliphatic rings. The van der Waals surface area contributed by atoms with E-state index < -0.39 is 17.7 Å². The Morgan fingerprint density at radius 2 is 1.79 bits per heavy atom. The average molecular weight is 440 g/mol. The van der Waals surface area contributed by atoms with Crippen molar-refractivity contribution in [2.75, 3.05) is 4.90 Å². The fraction of sp³-hybridized carbons (Fsp3) is 0.214. The molecule has 1 amide bonds. The van der Waals surface area contributed by atoms with E-state index in [4.69, 9.17) is 4.74 Å². The van der Waals surface area contributed by atoms with Crippen LogP contribution in [0.5, 0.6) is 5.75 Å². The third-order valence-corrected chi connectivity index (χ3v) is 6.35. The van der Waals surface area contributed by atoms with Crippen molar-refractivity contribution in [1.82, 2.24) is 0 Å². The van der Waals surface area contributed by atoms with Crippen molar-refractivity contribution in [3.05, 3.63) is 100 Å². The first-order chi connectivity index (χ1) is 15.8. The Bertz CT molecular complexity index is 1320. The second-order valence-electron chi connectivity index (χ2n) is 8.82. The minimum atomic E-state index is -0.727. The fourth-order valence-corrected chi connectivity index (χ4v) is 4.80. The van der Waals surface area contributed by atoms with Gasteiger partial charge in [-0.25, -0.2) is 0 Å². The number of hydrogen-bond donors (Lipinski definition) is 1. The summed E-state index contributed by atoms with van der Waals surface area (Å²) in [5.41, 5.74) is 4.89. The average Bonchev–Trinajstić information content (AvgIpc) is 3.29. The van der Waals surface area contributed by atoms with Crippen molar-refractivity contribution in [2.45, 2.75) is 39.3 Å². The summed E-state index contributed by atoms with van der Waals surface area (Å²) in [6, 6.07) is 19.9. The van der Waals surface area contributed by atoms with E-state index in [1.54, 1.807) is 6.07 Å². The van der Waals surface area contributed by atoms with Gasteiger partial charge in [-0.2, -0.15) is 0 Å². The van der Waals surface area contributed by atoms with Crippen LogP contribution in [0.15, 0.2) is 72.3 Å². The number of para-hydroxylation sites is 1. The van der Waals surface area contributed by atoms with Crippen LogP contribution in [0.1, 0.15) is 40.8 Å². The summed E-state index contributed by atoms with van der Waals surface area (Å²) in [5.74, 6) is -0.712. The topological polar surface area (TPSA) is 66.8 Å². The lowest BCUT2D eigenvalue weighted by molar-refractivity contribution is -0.132. The Kier molecular flexibility index (Phi) is 5.05. The molecular weight excluding hydrogens is 414 g/mol. The van der Waals surface area contributed by atoms with Crippen LogP contribution in [0.4, 0.5) is 5.69 Å². The number of hydrogen-bond acceptors (Lipinski definition) is 4. The van der Waals surface area contributed by atoms with E-state index in [0.29, 0.717) is 11.3 Å². The number of ether oxygens (including phenoxy) is 1. The van der Waals surface area contributed by atoms with Crippen LogP contribution >= 0.6 is 0 Å². The van der Waals surface area contributed by atoms with Gasteiger partial charge in [-0.15, -0.1) is 0 Å². The highest BCUT2D eigenvalue weighted by Crippen LogP contribution is 2.43. The molecule has 5 nitrogen and oxygen atoms in total. The van der Waals surface area contributed by atoms with Crippen LogP contribution in [0.2, 0.25) is 0 Å². The van der Waals surface area contributed by atoms with Crippen LogP contribution in [0.25, 0.3) is 5.76 Å². The maximum atomic E-state index is 13.3. The smallest absolute Gasteiger partial charge is 0.300 e. The summed E-state index contributed by atoms with van der Waals surface area (Å²) in [6.45, 7) is 5.86. The van der Waals surface area contributed by atoms with Crippen molar-refractivity contribution < 1.29 is 19.4 Å². The second-order valence-corrected chi connectivity index (χ2v) is 8.82. The SMILES string of the molecule is Cc1cccc(C2/C(=C(/O)c3ccc4c(c3)CC(C)O4)C(=O)C(=O)N2c2ccccc2C)c1. The standard InChI is InChI=1S/C28H25NO4/c1-16-7-6-9-19(13-16)25-24(26(30)20-11-12-23-21(15-20)14-18(3)33-23)27(31)28(32)29(25)22-10-5-4-8-17(22)2/h4-13,15,18,25,30H,14H2,1-3H3/b26-24-. The van der Waals surface area contributed by atoms with E-state index >= 15 is 0 Å². The molecule has 0 aromatic heterocycles. The van der Waals surface area contributed by atoms with Crippen molar-refractivity contribution in [3.8, 4) is 5.75 Å². The van der Waals surface area contributed by atoms with Gasteiger partial charge in [0.1, 0.15) is 17.6 Å². The van der Waals surface area contributed by atoms with Gasteiger partial charge in [0.15, 0.2) is 0 Å². The molecule has 1 N–H and O–H groups in total. The minimum absolute atomic E-state index is 0.0660. The van der Waals surface area contributed by atoms with Gasteiger partial charge < -0.3 is 9.84 Å². The van der Waals surface area contributed by atoms with Crippen molar-refractivity contribution >= 4 is 23.1 Å². The summed E-state index contributed by atoms with van der Waals surface area (Å²) < 4.78 is 5.77. The molecule has 5 heteroatoms. The van der Waals surface area contributed by atoms with Gasteiger partial charge in [-0.05, 0) is 61.7 Å². The van der Waals surface area contributed by atoms with Gasteiger partial charge in [-0.3, -0.25) is 14.5 Å². The number of fused-ring (bicyclic) bond motifs is 1. The summed E-state index contributed by atoms with van der Waals surface area (Å²) in [4.78, 5) is 28.2. The highest BCUT2D eigenvalue weighted by molar-refractivity contribution is 6.51. The molecule has 3 aromatic carbocycles. The monoisotopic (exact) mass is 439 g/mol. The zero-order valence-electron chi connectivity index (χ0n) is 18.8. The normalized spacial score (nSPS) is 21.2. The second kappa shape index (κ2) is 7.93. The van der Waals surface area contributed by atoms with Crippen LogP contribution in [-0.2, 0) is 16.0 Å². The zero-order valence-corrected chi connectivity index (χ0v) is 18.8. The number of ketones is 1. The number of amides is 1. The Morgan fingerprint density at radius 1 is 1.00 bits per heavy atom. The Morgan fingerprint density at radius 3 is 2.55 bits per heavy atom. The van der Waals surface area contributed by atoms with Gasteiger partial charge in [0.05, 0.1) is 11.6 Å². The number of anilines is 1. The number of nitrogens with zero attached hydrogens (tertiary/aromatic N) is 1. The maximum Gasteiger partial charge on any atom is 0.300 e. The zero-order chi connectivity index (χ0) is 23.3. The molecule has 2 heterocycles. The van der Waals surface area contributed by atoms with E-state index in [9.17, 15) is 14.7 Å². The number of aryl methyl sites for hydroxylation is 2. The Hall–Kier alpha value is -3.86.